The van der Waals surface area contributed by atoms with Gasteiger partial charge in [0.05, 0.1) is 26.3 Å². The van der Waals surface area contributed by atoms with Crippen LogP contribution in [0.4, 0.5) is 22.1 Å². The monoisotopic (exact) mass is 688 g/mol. The van der Waals surface area contributed by atoms with Crippen LogP contribution in [0.1, 0.15) is 28.9 Å². The zero-order valence-corrected chi connectivity index (χ0v) is 28.0. The number of carbonyl (C=O) groups excluding carboxylic acids is 4. The number of rotatable bonds is 13. The van der Waals surface area contributed by atoms with E-state index in [1.165, 1.54) is 42.9 Å². The lowest BCUT2D eigenvalue weighted by Gasteiger charge is -2.20. The largest absolute Gasteiger partial charge is 0.494 e. The Kier molecular flexibility index (Phi) is 11.1. The first kappa shape index (κ1) is 35.1. The van der Waals surface area contributed by atoms with Crippen LogP contribution in [0.15, 0.2) is 47.6 Å². The molecule has 19 heteroatoms. The zero-order chi connectivity index (χ0) is 35.8. The number of hydrogen-bond acceptors (Lipinski definition) is 14. The van der Waals surface area contributed by atoms with E-state index in [1.807, 2.05) is 0 Å². The number of esters is 1. The van der Waals surface area contributed by atoms with E-state index in [-0.39, 0.29) is 47.7 Å². The Morgan fingerprint density at radius 3 is 2.56 bits per heavy atom. The summed E-state index contributed by atoms with van der Waals surface area (Å²) in [6, 6.07) is 9.88. The molecule has 4 aromatic rings. The normalized spacial score (nSPS) is 12.6. The van der Waals surface area contributed by atoms with E-state index in [1.54, 1.807) is 44.4 Å². The number of nitrogens with zero attached hydrogens (tertiary/aromatic N) is 9. The highest BCUT2D eigenvalue weighted by atomic mass is 16.6. The summed E-state index contributed by atoms with van der Waals surface area (Å²) in [5.74, 6) is -0.601. The second kappa shape index (κ2) is 15.8. The fraction of sp³-hybridized carbons (Fsp3) is 0.355. The maximum atomic E-state index is 13.3. The van der Waals surface area contributed by atoms with Crippen molar-refractivity contribution in [3.63, 3.8) is 0 Å². The Morgan fingerprint density at radius 1 is 1.08 bits per heavy atom. The molecular weight excluding hydrogens is 652 g/mol. The number of carbonyl (C=O) groups is 4. The number of tetrazole rings is 1. The van der Waals surface area contributed by atoms with E-state index in [4.69, 9.17) is 19.2 Å². The lowest BCUT2D eigenvalue weighted by Crippen LogP contribution is -2.34. The third-order valence-corrected chi connectivity index (χ3v) is 7.32. The molecule has 3 N–H and O–H groups in total. The summed E-state index contributed by atoms with van der Waals surface area (Å²) in [6.07, 6.45) is 2.09. The summed E-state index contributed by atoms with van der Waals surface area (Å²) in [4.78, 5) is 62.6. The summed E-state index contributed by atoms with van der Waals surface area (Å²) in [5.41, 5.74) is 1.15. The van der Waals surface area contributed by atoms with E-state index in [2.05, 4.69) is 41.4 Å². The second-order valence-electron chi connectivity index (χ2n) is 11.0. The molecule has 262 valence electrons. The highest BCUT2D eigenvalue weighted by Crippen LogP contribution is 2.36. The lowest BCUT2D eigenvalue weighted by atomic mass is 10.1. The molecule has 1 aliphatic rings. The van der Waals surface area contributed by atoms with Crippen molar-refractivity contribution in [3.05, 3.63) is 59.2 Å². The van der Waals surface area contributed by atoms with Gasteiger partial charge in [-0.3, -0.25) is 19.3 Å². The predicted molar refractivity (Wildman–Crippen MR) is 176 cm³/mol. The molecule has 5 rings (SSSR count). The van der Waals surface area contributed by atoms with Gasteiger partial charge in [-0.15, -0.1) is 10.2 Å². The highest BCUT2D eigenvalue weighted by Gasteiger charge is 2.30. The molecule has 0 spiro atoms. The molecule has 19 nitrogen and oxygen atoms in total. The predicted octanol–water partition coefficient (Wildman–Crippen LogP) is 0.911. The summed E-state index contributed by atoms with van der Waals surface area (Å²) >= 11 is 0. The van der Waals surface area contributed by atoms with Gasteiger partial charge in [-0.05, 0) is 43.3 Å². The van der Waals surface area contributed by atoms with Crippen LogP contribution in [-0.4, -0.2) is 93.6 Å². The Morgan fingerprint density at radius 2 is 1.88 bits per heavy atom. The first-order chi connectivity index (χ1) is 24.1. The molecule has 0 bridgehead atoms. The van der Waals surface area contributed by atoms with Crippen LogP contribution in [0.25, 0.3) is 11.4 Å². The number of hydrogen-bond donors (Lipinski definition) is 3. The molecule has 0 saturated heterocycles. The molecule has 1 fully saturated rings. The molecular formula is C31H36N12O7. The smallest absolute Gasteiger partial charge is 0.417 e. The Balaban J connectivity index is 1.49. The number of benzene rings is 1. The van der Waals surface area contributed by atoms with Crippen LogP contribution < -0.4 is 30.9 Å². The van der Waals surface area contributed by atoms with Crippen molar-refractivity contribution in [1.29, 1.82) is 0 Å². The average Bonchev–Trinajstić information content (AvgIpc) is 3.89. The van der Waals surface area contributed by atoms with Crippen LogP contribution in [0.3, 0.4) is 0 Å². The number of aryl methyl sites for hydroxylation is 1. The number of anilines is 2. The van der Waals surface area contributed by atoms with Gasteiger partial charge in [0.2, 0.25) is 11.7 Å². The molecule has 1 aromatic carbocycles. The van der Waals surface area contributed by atoms with E-state index in [0.717, 1.165) is 17.7 Å². The van der Waals surface area contributed by atoms with E-state index >= 15 is 0 Å². The molecule has 0 atom stereocenters. The molecule has 0 radical (unpaired) electrons. The minimum atomic E-state index is -0.838. The number of pyridine rings is 1. The van der Waals surface area contributed by atoms with Gasteiger partial charge in [-0.1, -0.05) is 12.1 Å². The highest BCUT2D eigenvalue weighted by molar-refractivity contribution is 5.94. The summed E-state index contributed by atoms with van der Waals surface area (Å²) in [6.45, 7) is -0.621. The van der Waals surface area contributed by atoms with Gasteiger partial charge in [0.15, 0.2) is 18.2 Å². The molecule has 3 aromatic heterocycles. The third-order valence-electron chi connectivity index (χ3n) is 7.32. The van der Waals surface area contributed by atoms with Gasteiger partial charge in [0.25, 0.3) is 5.91 Å². The van der Waals surface area contributed by atoms with Crippen molar-refractivity contribution in [3.8, 4) is 17.1 Å². The number of methoxy groups -OCH3 is 1. The van der Waals surface area contributed by atoms with Crippen molar-refractivity contribution < 1.29 is 33.4 Å². The van der Waals surface area contributed by atoms with Gasteiger partial charge in [0, 0.05) is 37.8 Å². The van der Waals surface area contributed by atoms with Gasteiger partial charge in [-0.25, -0.2) is 19.5 Å². The fourth-order valence-corrected chi connectivity index (χ4v) is 4.66. The second-order valence-corrected chi connectivity index (χ2v) is 11.0. The van der Waals surface area contributed by atoms with Crippen molar-refractivity contribution in [2.45, 2.75) is 26.2 Å². The zero-order valence-electron chi connectivity index (χ0n) is 28.0. The standard InChI is InChI=1S/C31H36N12O7/c1-32-15-24(44)49-16-19-8-7-13-34-28(19)41(3)31(47)50-17-43-23(36-29(45)18-11-12-18)14-22(25(38-43)30(46)33-2)35-21-10-6-9-20(26(21)48-5)27-37-40-42(4)39-27/h6-10,13-14,18,32H,11-12,15-17H2,1-5H3,(H,33,46)(H,36,45). The van der Waals surface area contributed by atoms with Crippen LogP contribution in [0.2, 0.25) is 0 Å². The van der Waals surface area contributed by atoms with Gasteiger partial charge in [0.1, 0.15) is 29.3 Å². The molecule has 50 heavy (non-hydrogen) atoms. The van der Waals surface area contributed by atoms with Crippen molar-refractivity contribution in [2.24, 2.45) is 18.0 Å². The number of ether oxygens (including phenoxy) is 3. The minimum absolute atomic E-state index is 0.0156. The van der Waals surface area contributed by atoms with Gasteiger partial charge >= 0.3 is 12.1 Å². The molecule has 1 saturated carbocycles. The Labute approximate surface area is 285 Å². The number of nitrogens with one attached hydrogen (secondary N) is 3. The third kappa shape index (κ3) is 8.24. The lowest BCUT2D eigenvalue weighted by molar-refractivity contribution is -0.143. The van der Waals surface area contributed by atoms with E-state index in [0.29, 0.717) is 28.4 Å². The van der Waals surface area contributed by atoms with Crippen molar-refractivity contribution in [1.82, 2.24) is 45.6 Å². The molecule has 3 heterocycles. The van der Waals surface area contributed by atoms with Crippen LogP contribution in [-0.2, 0) is 39.4 Å². The number of likely N-dealkylation sites (N-methyl/N-ethyl adjacent to an activating group) is 1. The first-order valence-electron chi connectivity index (χ1n) is 15.4. The summed E-state index contributed by atoms with van der Waals surface area (Å²) in [5, 5.41) is 24.8. The Bertz CT molecular complexity index is 1970. The van der Waals surface area contributed by atoms with Crippen LogP contribution >= 0.6 is 0 Å². The maximum absolute atomic E-state index is 13.3. The van der Waals surface area contributed by atoms with Gasteiger partial charge in [-0.2, -0.15) is 9.90 Å². The van der Waals surface area contributed by atoms with Gasteiger partial charge < -0.3 is 30.2 Å². The molecule has 0 aliphatic heterocycles. The molecule has 3 amide bonds. The quantitative estimate of drug-likeness (QED) is 0.166. The topological polar surface area (TPSA) is 222 Å². The number of aromatic nitrogens is 7. The van der Waals surface area contributed by atoms with E-state index in [9.17, 15) is 19.2 Å². The average molecular weight is 689 g/mol. The maximum Gasteiger partial charge on any atom is 0.417 e. The number of para-hydroxylation sites is 1. The number of amides is 3. The summed E-state index contributed by atoms with van der Waals surface area (Å²) < 4.78 is 17.7. The Hall–Kier alpha value is -6.24. The molecule has 1 aliphatic carbocycles. The van der Waals surface area contributed by atoms with Crippen LogP contribution in [0, 0.1) is 5.92 Å². The van der Waals surface area contributed by atoms with Crippen molar-refractivity contribution in [2.75, 3.05) is 45.0 Å². The fourth-order valence-electron chi connectivity index (χ4n) is 4.66. The van der Waals surface area contributed by atoms with Crippen molar-refractivity contribution >= 4 is 41.2 Å². The van der Waals surface area contributed by atoms with E-state index < -0.39 is 24.7 Å². The summed E-state index contributed by atoms with van der Waals surface area (Å²) in [7, 11) is 7.57. The first-order valence-corrected chi connectivity index (χ1v) is 15.4. The van der Waals surface area contributed by atoms with Crippen LogP contribution in [0.5, 0.6) is 5.75 Å². The SMILES string of the molecule is CNCC(=O)OCc1cccnc1N(C)C(=O)OCn1nc(C(=O)NC)c(=Nc2cccc(-c3nnn(C)n3)c2OC)cc1NC(=O)C1CC1. The minimum Gasteiger partial charge on any atom is -0.494 e. The molecule has 0 unspecified atom stereocenters.